The molecule has 1 aromatic heterocycles. The fourth-order valence-electron chi connectivity index (χ4n) is 1.49. The molecule has 0 saturated carbocycles. The quantitative estimate of drug-likeness (QED) is 0.724. The molecule has 0 unspecified atom stereocenters. The first kappa shape index (κ1) is 14.7. The molecule has 96 valence electrons. The number of rotatable bonds is 7. The topological polar surface area (TPSA) is 29.5 Å². The number of nitrogens with zero attached hydrogens (tertiary/aromatic N) is 1. The average Bonchev–Trinajstić information content (AvgIpc) is 2.70. The molecule has 0 bridgehead atoms. The van der Waals surface area contributed by atoms with Crippen molar-refractivity contribution in [1.82, 2.24) is 4.90 Å². The maximum atomic E-state index is 11.4. The Labute approximate surface area is 115 Å². The minimum absolute atomic E-state index is 0.137. The van der Waals surface area contributed by atoms with Crippen LogP contribution >= 0.6 is 27.3 Å². The summed E-state index contributed by atoms with van der Waals surface area (Å²) < 4.78 is 6.10. The molecule has 1 aromatic rings. The highest BCUT2D eigenvalue weighted by Gasteiger charge is 2.10. The average molecular weight is 320 g/mol. The van der Waals surface area contributed by atoms with Crippen LogP contribution in [0.1, 0.15) is 18.7 Å². The molecule has 0 aliphatic carbocycles. The van der Waals surface area contributed by atoms with Gasteiger partial charge in [0.1, 0.15) is 0 Å². The predicted octanol–water partition coefficient (Wildman–Crippen LogP) is 2.94. The van der Waals surface area contributed by atoms with E-state index < -0.39 is 0 Å². The highest BCUT2D eigenvalue weighted by molar-refractivity contribution is 9.11. The summed E-state index contributed by atoms with van der Waals surface area (Å²) in [4.78, 5) is 14.8. The van der Waals surface area contributed by atoms with E-state index in [-0.39, 0.29) is 5.97 Å². The number of esters is 1. The Morgan fingerprint density at radius 1 is 1.47 bits per heavy atom. The molecule has 0 aliphatic heterocycles. The molecule has 0 atom stereocenters. The summed E-state index contributed by atoms with van der Waals surface area (Å²) in [7, 11) is 0. The van der Waals surface area contributed by atoms with E-state index in [4.69, 9.17) is 4.74 Å². The fraction of sp³-hybridized carbons (Fsp3) is 0.583. The summed E-state index contributed by atoms with van der Waals surface area (Å²) >= 11 is 5.19. The van der Waals surface area contributed by atoms with Crippen molar-refractivity contribution in [2.24, 2.45) is 0 Å². The van der Waals surface area contributed by atoms with Crippen LogP contribution in [-0.2, 0) is 16.0 Å². The third-order valence-electron chi connectivity index (χ3n) is 2.41. The number of halogens is 1. The van der Waals surface area contributed by atoms with E-state index in [1.165, 1.54) is 4.88 Å². The molecule has 0 radical (unpaired) electrons. The Bertz CT molecular complexity index is 354. The number of ether oxygens (including phenoxy) is 1. The van der Waals surface area contributed by atoms with Crippen molar-refractivity contribution in [3.05, 3.63) is 20.8 Å². The number of likely N-dealkylation sites (N-methyl/N-ethyl adjacent to an activating group) is 1. The number of hydrogen-bond acceptors (Lipinski definition) is 4. The zero-order valence-corrected chi connectivity index (χ0v) is 12.6. The molecule has 0 amide bonds. The smallest absolute Gasteiger partial charge is 0.320 e. The molecular formula is C12H18BrNO2S. The van der Waals surface area contributed by atoms with E-state index in [0.29, 0.717) is 13.2 Å². The summed E-state index contributed by atoms with van der Waals surface area (Å²) in [5.41, 5.74) is 0. The lowest BCUT2D eigenvalue weighted by Gasteiger charge is -2.18. The van der Waals surface area contributed by atoms with Crippen LogP contribution in [0.25, 0.3) is 0 Å². The minimum Gasteiger partial charge on any atom is -0.465 e. The number of carbonyl (C=O) groups excluding carboxylic acids is 1. The van der Waals surface area contributed by atoms with E-state index in [9.17, 15) is 4.79 Å². The SMILES string of the molecule is CCOC(=O)CN(CC)CCc1ccc(Br)s1. The Hall–Kier alpha value is -0.390. The Balaban J connectivity index is 2.34. The van der Waals surface area contributed by atoms with Gasteiger partial charge in [0.15, 0.2) is 0 Å². The van der Waals surface area contributed by atoms with Crippen LogP contribution in [0.3, 0.4) is 0 Å². The van der Waals surface area contributed by atoms with Crippen LogP contribution < -0.4 is 0 Å². The highest BCUT2D eigenvalue weighted by atomic mass is 79.9. The van der Waals surface area contributed by atoms with Gasteiger partial charge >= 0.3 is 5.97 Å². The lowest BCUT2D eigenvalue weighted by Crippen LogP contribution is -2.32. The monoisotopic (exact) mass is 319 g/mol. The molecule has 0 aromatic carbocycles. The van der Waals surface area contributed by atoms with E-state index in [2.05, 4.69) is 39.9 Å². The zero-order chi connectivity index (χ0) is 12.7. The minimum atomic E-state index is -0.137. The molecule has 0 N–H and O–H groups in total. The van der Waals surface area contributed by atoms with Crippen LogP contribution in [0.15, 0.2) is 15.9 Å². The van der Waals surface area contributed by atoms with Crippen molar-refractivity contribution in [2.45, 2.75) is 20.3 Å². The fourth-order valence-corrected chi connectivity index (χ4v) is 2.96. The van der Waals surface area contributed by atoms with Gasteiger partial charge in [-0.2, -0.15) is 0 Å². The summed E-state index contributed by atoms with van der Waals surface area (Å²) in [6.45, 7) is 6.49. The summed E-state index contributed by atoms with van der Waals surface area (Å²) in [5, 5.41) is 0. The van der Waals surface area contributed by atoms with Gasteiger partial charge in [-0.05, 0) is 48.0 Å². The maximum Gasteiger partial charge on any atom is 0.320 e. The molecule has 1 rings (SSSR count). The van der Waals surface area contributed by atoms with Gasteiger partial charge in [-0.1, -0.05) is 6.92 Å². The second-order valence-corrected chi connectivity index (χ2v) is 6.18. The largest absolute Gasteiger partial charge is 0.465 e. The van der Waals surface area contributed by atoms with Crippen LogP contribution in [-0.4, -0.2) is 37.1 Å². The molecule has 17 heavy (non-hydrogen) atoms. The van der Waals surface area contributed by atoms with Crippen molar-refractivity contribution < 1.29 is 9.53 Å². The molecule has 0 spiro atoms. The normalized spacial score (nSPS) is 10.8. The number of thiophene rings is 1. The van der Waals surface area contributed by atoms with Crippen LogP contribution in [0.4, 0.5) is 0 Å². The molecule has 0 saturated heterocycles. The van der Waals surface area contributed by atoms with Crippen LogP contribution in [0.5, 0.6) is 0 Å². The molecule has 3 nitrogen and oxygen atoms in total. The van der Waals surface area contributed by atoms with Crippen LogP contribution in [0, 0.1) is 0 Å². The number of hydrogen-bond donors (Lipinski definition) is 0. The second kappa shape index (κ2) is 7.84. The molecule has 0 aliphatic rings. The van der Waals surface area contributed by atoms with Gasteiger partial charge in [0.25, 0.3) is 0 Å². The highest BCUT2D eigenvalue weighted by Crippen LogP contribution is 2.22. The van der Waals surface area contributed by atoms with E-state index in [0.717, 1.165) is 23.3 Å². The van der Waals surface area contributed by atoms with Gasteiger partial charge < -0.3 is 4.74 Å². The van der Waals surface area contributed by atoms with Crippen molar-refractivity contribution in [3.63, 3.8) is 0 Å². The van der Waals surface area contributed by atoms with E-state index >= 15 is 0 Å². The van der Waals surface area contributed by atoms with Gasteiger partial charge in [0, 0.05) is 11.4 Å². The summed E-state index contributed by atoms with van der Waals surface area (Å²) in [5.74, 6) is -0.137. The lowest BCUT2D eigenvalue weighted by atomic mass is 10.3. The number of carbonyl (C=O) groups is 1. The zero-order valence-electron chi connectivity index (χ0n) is 10.2. The van der Waals surface area contributed by atoms with Crippen molar-refractivity contribution >= 4 is 33.2 Å². The van der Waals surface area contributed by atoms with Crippen molar-refractivity contribution in [3.8, 4) is 0 Å². The standard InChI is InChI=1S/C12H18BrNO2S/c1-3-14(9-12(15)16-4-2)8-7-10-5-6-11(13)17-10/h5-6H,3-4,7-9H2,1-2H3. The van der Waals surface area contributed by atoms with Crippen LogP contribution in [0.2, 0.25) is 0 Å². The van der Waals surface area contributed by atoms with Gasteiger partial charge in [0.2, 0.25) is 0 Å². The Morgan fingerprint density at radius 2 is 2.24 bits per heavy atom. The predicted molar refractivity (Wildman–Crippen MR) is 74.5 cm³/mol. The first-order valence-electron chi connectivity index (χ1n) is 5.77. The van der Waals surface area contributed by atoms with Gasteiger partial charge in [-0.25, -0.2) is 0 Å². The summed E-state index contributed by atoms with van der Waals surface area (Å²) in [6.07, 6.45) is 0.976. The summed E-state index contributed by atoms with van der Waals surface area (Å²) in [6, 6.07) is 4.18. The van der Waals surface area contributed by atoms with Crippen molar-refractivity contribution in [1.29, 1.82) is 0 Å². The Kier molecular flexibility index (Phi) is 6.77. The molecule has 1 heterocycles. The second-order valence-electron chi connectivity index (χ2n) is 3.63. The van der Waals surface area contributed by atoms with Gasteiger partial charge in [-0.3, -0.25) is 9.69 Å². The lowest BCUT2D eigenvalue weighted by molar-refractivity contribution is -0.144. The molecule has 5 heteroatoms. The maximum absolute atomic E-state index is 11.4. The molecular weight excluding hydrogens is 302 g/mol. The van der Waals surface area contributed by atoms with Crippen molar-refractivity contribution in [2.75, 3.05) is 26.2 Å². The first-order chi connectivity index (χ1) is 8.15. The third kappa shape index (κ3) is 5.66. The van der Waals surface area contributed by atoms with Gasteiger partial charge in [0.05, 0.1) is 16.9 Å². The van der Waals surface area contributed by atoms with E-state index in [1.54, 1.807) is 11.3 Å². The third-order valence-corrected chi connectivity index (χ3v) is 4.09. The van der Waals surface area contributed by atoms with E-state index in [1.807, 2.05) is 6.92 Å². The van der Waals surface area contributed by atoms with Gasteiger partial charge in [-0.15, -0.1) is 11.3 Å². The molecule has 0 fully saturated rings. The Morgan fingerprint density at radius 3 is 2.76 bits per heavy atom. The first-order valence-corrected chi connectivity index (χ1v) is 7.38.